The average Bonchev–Trinajstić information content (AvgIpc) is 2.31. The SMILES string of the molecule is CC(C)CC(=O)N[C@@H](Cc1c(Cl)cccc1Cl)C(N)=O. The van der Waals surface area contributed by atoms with Crippen molar-refractivity contribution < 1.29 is 9.59 Å². The number of primary amides is 1. The molecule has 0 radical (unpaired) electrons. The molecule has 1 rings (SSSR count). The van der Waals surface area contributed by atoms with Crippen LogP contribution in [0.1, 0.15) is 25.8 Å². The van der Waals surface area contributed by atoms with Gasteiger partial charge < -0.3 is 11.1 Å². The second-order valence-electron chi connectivity index (χ2n) is 5.02. The number of hydrogen-bond donors (Lipinski definition) is 2. The Morgan fingerprint density at radius 2 is 1.80 bits per heavy atom. The first-order valence-corrected chi connectivity index (χ1v) is 7.08. The van der Waals surface area contributed by atoms with Gasteiger partial charge in [0.15, 0.2) is 0 Å². The van der Waals surface area contributed by atoms with Crippen LogP contribution in [-0.4, -0.2) is 17.9 Å². The van der Waals surface area contributed by atoms with Crippen LogP contribution in [0.2, 0.25) is 10.0 Å². The highest BCUT2D eigenvalue weighted by Crippen LogP contribution is 2.25. The Kier molecular flexibility index (Phi) is 6.30. The van der Waals surface area contributed by atoms with Gasteiger partial charge in [-0.3, -0.25) is 9.59 Å². The van der Waals surface area contributed by atoms with E-state index in [1.165, 1.54) is 0 Å². The van der Waals surface area contributed by atoms with Gasteiger partial charge in [-0.1, -0.05) is 43.1 Å². The smallest absolute Gasteiger partial charge is 0.240 e. The van der Waals surface area contributed by atoms with E-state index in [0.29, 0.717) is 22.0 Å². The third-order valence-corrected chi connectivity index (χ3v) is 3.45. The molecule has 0 fully saturated rings. The van der Waals surface area contributed by atoms with Crippen molar-refractivity contribution in [2.24, 2.45) is 11.7 Å². The lowest BCUT2D eigenvalue weighted by Crippen LogP contribution is -2.46. The molecule has 3 N–H and O–H groups in total. The molecule has 0 aliphatic rings. The van der Waals surface area contributed by atoms with Crippen molar-refractivity contribution >= 4 is 35.0 Å². The minimum atomic E-state index is -0.821. The minimum absolute atomic E-state index is 0.178. The van der Waals surface area contributed by atoms with Gasteiger partial charge in [-0.25, -0.2) is 0 Å². The maximum atomic E-state index is 11.7. The van der Waals surface area contributed by atoms with Crippen molar-refractivity contribution in [3.63, 3.8) is 0 Å². The van der Waals surface area contributed by atoms with E-state index in [1.54, 1.807) is 18.2 Å². The summed E-state index contributed by atoms with van der Waals surface area (Å²) in [5.41, 5.74) is 5.93. The van der Waals surface area contributed by atoms with Gasteiger partial charge in [0.25, 0.3) is 0 Å². The van der Waals surface area contributed by atoms with Crippen molar-refractivity contribution in [1.29, 1.82) is 0 Å². The predicted octanol–water partition coefficient (Wildman–Crippen LogP) is 2.55. The lowest BCUT2D eigenvalue weighted by Gasteiger charge is -2.17. The molecule has 0 saturated heterocycles. The fraction of sp³-hybridized carbons (Fsp3) is 0.429. The van der Waals surface area contributed by atoms with Gasteiger partial charge >= 0.3 is 0 Å². The van der Waals surface area contributed by atoms with Crippen LogP contribution in [0.4, 0.5) is 0 Å². The van der Waals surface area contributed by atoms with Crippen LogP contribution >= 0.6 is 23.2 Å². The van der Waals surface area contributed by atoms with E-state index in [2.05, 4.69) is 5.32 Å². The van der Waals surface area contributed by atoms with Gasteiger partial charge in [-0.15, -0.1) is 0 Å². The Balaban J connectivity index is 2.83. The summed E-state index contributed by atoms with van der Waals surface area (Å²) in [5.74, 6) is -0.627. The highest BCUT2D eigenvalue weighted by Gasteiger charge is 2.21. The zero-order valence-corrected chi connectivity index (χ0v) is 13.0. The summed E-state index contributed by atoms with van der Waals surface area (Å²) in [4.78, 5) is 23.2. The normalized spacial score (nSPS) is 12.2. The van der Waals surface area contributed by atoms with Crippen LogP contribution in [0.15, 0.2) is 18.2 Å². The van der Waals surface area contributed by atoms with Crippen LogP contribution in [-0.2, 0) is 16.0 Å². The molecule has 4 nitrogen and oxygen atoms in total. The Morgan fingerprint density at radius 1 is 1.25 bits per heavy atom. The zero-order chi connectivity index (χ0) is 15.3. The van der Waals surface area contributed by atoms with Crippen LogP contribution < -0.4 is 11.1 Å². The molecule has 0 aromatic heterocycles. The average molecular weight is 317 g/mol. The molecule has 1 aromatic rings. The van der Waals surface area contributed by atoms with Gasteiger partial charge in [-0.2, -0.15) is 0 Å². The molecule has 0 heterocycles. The number of carbonyl (C=O) groups is 2. The van der Waals surface area contributed by atoms with Crippen molar-refractivity contribution in [2.45, 2.75) is 32.7 Å². The Bertz CT molecular complexity index is 484. The summed E-state index contributed by atoms with van der Waals surface area (Å²) < 4.78 is 0. The monoisotopic (exact) mass is 316 g/mol. The Labute approximate surface area is 128 Å². The molecule has 6 heteroatoms. The molecule has 0 aliphatic heterocycles. The summed E-state index contributed by atoms with van der Waals surface area (Å²) >= 11 is 12.1. The summed E-state index contributed by atoms with van der Waals surface area (Å²) in [5, 5.41) is 3.51. The largest absolute Gasteiger partial charge is 0.368 e. The fourth-order valence-corrected chi connectivity index (χ4v) is 2.33. The molecule has 110 valence electrons. The maximum Gasteiger partial charge on any atom is 0.240 e. The number of amides is 2. The number of hydrogen-bond acceptors (Lipinski definition) is 2. The molecule has 0 saturated carbocycles. The second-order valence-corrected chi connectivity index (χ2v) is 5.84. The van der Waals surface area contributed by atoms with Gasteiger partial charge in [0.1, 0.15) is 6.04 Å². The van der Waals surface area contributed by atoms with Crippen LogP contribution in [0.25, 0.3) is 0 Å². The molecule has 20 heavy (non-hydrogen) atoms. The maximum absolute atomic E-state index is 11.7. The van der Waals surface area contributed by atoms with Gasteiger partial charge in [0.2, 0.25) is 11.8 Å². The van der Waals surface area contributed by atoms with E-state index in [-0.39, 0.29) is 18.2 Å². The minimum Gasteiger partial charge on any atom is -0.368 e. The second kappa shape index (κ2) is 7.50. The molecule has 0 spiro atoms. The lowest BCUT2D eigenvalue weighted by molar-refractivity contribution is -0.127. The van der Waals surface area contributed by atoms with Crippen LogP contribution in [0.3, 0.4) is 0 Å². The quantitative estimate of drug-likeness (QED) is 0.846. The number of halogens is 2. The van der Waals surface area contributed by atoms with E-state index in [0.717, 1.165) is 0 Å². The summed E-state index contributed by atoms with van der Waals surface area (Å²) in [7, 11) is 0. The molecular formula is C14H18Cl2N2O2. The van der Waals surface area contributed by atoms with Crippen molar-refractivity contribution in [2.75, 3.05) is 0 Å². The van der Waals surface area contributed by atoms with Gasteiger partial charge in [0.05, 0.1) is 0 Å². The number of benzene rings is 1. The first kappa shape index (κ1) is 16.8. The highest BCUT2D eigenvalue weighted by atomic mass is 35.5. The van der Waals surface area contributed by atoms with E-state index in [1.807, 2.05) is 13.8 Å². The lowest BCUT2D eigenvalue weighted by atomic mass is 10.0. The van der Waals surface area contributed by atoms with Gasteiger partial charge in [-0.05, 0) is 23.6 Å². The first-order chi connectivity index (χ1) is 9.31. The van der Waals surface area contributed by atoms with Crippen molar-refractivity contribution in [3.8, 4) is 0 Å². The summed E-state index contributed by atoms with van der Waals surface area (Å²) in [6.45, 7) is 3.84. The molecular weight excluding hydrogens is 299 g/mol. The fourth-order valence-electron chi connectivity index (χ4n) is 1.78. The Morgan fingerprint density at radius 3 is 2.25 bits per heavy atom. The highest BCUT2D eigenvalue weighted by molar-refractivity contribution is 6.36. The summed E-state index contributed by atoms with van der Waals surface area (Å²) in [6, 6.07) is 4.25. The molecule has 0 aliphatic carbocycles. The third-order valence-electron chi connectivity index (χ3n) is 2.74. The molecule has 0 bridgehead atoms. The predicted molar refractivity (Wildman–Crippen MR) is 80.7 cm³/mol. The van der Waals surface area contributed by atoms with E-state index in [4.69, 9.17) is 28.9 Å². The van der Waals surface area contributed by atoms with E-state index >= 15 is 0 Å². The number of carbonyl (C=O) groups excluding carboxylic acids is 2. The van der Waals surface area contributed by atoms with E-state index in [9.17, 15) is 9.59 Å². The zero-order valence-electron chi connectivity index (χ0n) is 11.5. The van der Waals surface area contributed by atoms with Crippen molar-refractivity contribution in [1.82, 2.24) is 5.32 Å². The number of nitrogens with one attached hydrogen (secondary N) is 1. The first-order valence-electron chi connectivity index (χ1n) is 6.32. The Hall–Kier alpha value is -1.26. The van der Waals surface area contributed by atoms with E-state index < -0.39 is 11.9 Å². The topological polar surface area (TPSA) is 72.2 Å². The molecule has 2 amide bonds. The third kappa shape index (κ3) is 5.02. The van der Waals surface area contributed by atoms with Crippen LogP contribution in [0, 0.1) is 5.92 Å². The molecule has 0 unspecified atom stereocenters. The standard InChI is InChI=1S/C14H18Cl2N2O2/c1-8(2)6-13(19)18-12(14(17)20)7-9-10(15)4-3-5-11(9)16/h3-5,8,12H,6-7H2,1-2H3,(H2,17,20)(H,18,19)/t12-/m0/s1. The van der Waals surface area contributed by atoms with Crippen LogP contribution in [0.5, 0.6) is 0 Å². The number of rotatable bonds is 6. The van der Waals surface area contributed by atoms with Gasteiger partial charge in [0, 0.05) is 22.9 Å². The molecule has 1 aromatic carbocycles. The number of nitrogens with two attached hydrogens (primary N) is 1. The van der Waals surface area contributed by atoms with Crippen molar-refractivity contribution in [3.05, 3.63) is 33.8 Å². The summed E-state index contributed by atoms with van der Waals surface area (Å²) in [6.07, 6.45) is 0.512. The molecule has 1 atom stereocenters.